The van der Waals surface area contributed by atoms with Gasteiger partial charge < -0.3 is 9.64 Å². The lowest BCUT2D eigenvalue weighted by Gasteiger charge is -2.33. The van der Waals surface area contributed by atoms with E-state index in [4.69, 9.17) is 4.74 Å². The Bertz CT molecular complexity index is 999. The Morgan fingerprint density at radius 2 is 1.89 bits per heavy atom. The second-order valence-electron chi connectivity index (χ2n) is 6.52. The van der Waals surface area contributed by atoms with Crippen LogP contribution in [0.4, 0.5) is 14.5 Å². The molecule has 1 aliphatic rings. The van der Waals surface area contributed by atoms with Gasteiger partial charge in [-0.2, -0.15) is 0 Å². The van der Waals surface area contributed by atoms with Crippen molar-refractivity contribution in [3.05, 3.63) is 88.5 Å². The van der Waals surface area contributed by atoms with Gasteiger partial charge in [-0.3, -0.25) is 9.97 Å². The Labute approximate surface area is 176 Å². The highest BCUT2D eigenvalue weighted by Gasteiger charge is 2.24. The van der Waals surface area contributed by atoms with Gasteiger partial charge in [0.2, 0.25) is 0 Å². The number of hydrogen-bond acceptors (Lipinski definition) is 4. The fourth-order valence-electron chi connectivity index (χ4n) is 2.93. The molecule has 7 heteroatoms. The van der Waals surface area contributed by atoms with E-state index in [9.17, 15) is 8.78 Å². The highest BCUT2D eigenvalue weighted by atomic mass is 127. The number of aryl methyl sites for hydroxylation is 1. The number of pyridine rings is 2. The van der Waals surface area contributed by atoms with E-state index < -0.39 is 11.6 Å². The molecule has 146 valence electrons. The van der Waals surface area contributed by atoms with Crippen molar-refractivity contribution >= 4 is 28.3 Å². The summed E-state index contributed by atoms with van der Waals surface area (Å²) in [7, 11) is 0. The highest BCUT2D eigenvalue weighted by Crippen LogP contribution is 2.36. The van der Waals surface area contributed by atoms with Crippen LogP contribution in [-0.4, -0.2) is 9.97 Å². The fraction of sp³-hybridized carbons (Fsp3) is 0.238. The normalized spacial score (nSPS) is 14.4. The molecule has 3 rings (SSSR count). The summed E-state index contributed by atoms with van der Waals surface area (Å²) in [4.78, 5) is 10.2. The molecular formula is C21H20F2IN3O. The Balaban J connectivity index is 1.86. The summed E-state index contributed by atoms with van der Waals surface area (Å²) >= 11 is 2.28. The summed E-state index contributed by atoms with van der Waals surface area (Å²) < 4.78 is 33.4. The predicted octanol–water partition coefficient (Wildman–Crippen LogP) is 5.73. The monoisotopic (exact) mass is 495 g/mol. The van der Waals surface area contributed by atoms with Gasteiger partial charge in [0, 0.05) is 39.7 Å². The maximum atomic E-state index is 13.8. The number of hydrogen-bond donors (Lipinski definition) is 0. The first-order valence-corrected chi connectivity index (χ1v) is 10.2. The minimum absolute atomic E-state index is 0.0532. The number of halogens is 3. The van der Waals surface area contributed by atoms with Crippen LogP contribution < -0.4 is 4.90 Å². The third-order valence-electron chi connectivity index (χ3n) is 4.52. The standard InChI is InChI=1S/C21H20F2IN3O/c1-12-9-25-17(8-24)7-20(12)27-13(2)5-21(14(3)15(27)4)28-11-19-18(23)6-16(22)10-26-19/h5-7,9-10H,4,8,11H2,1-3H3. The molecule has 0 atom stereocenters. The molecule has 2 aromatic heterocycles. The van der Waals surface area contributed by atoms with Crippen LogP contribution in [0.2, 0.25) is 0 Å². The van der Waals surface area contributed by atoms with E-state index in [1.165, 1.54) is 0 Å². The van der Waals surface area contributed by atoms with E-state index in [1.807, 2.05) is 33.0 Å². The molecule has 28 heavy (non-hydrogen) atoms. The average Bonchev–Trinajstić information content (AvgIpc) is 2.66. The molecule has 2 aromatic rings. The van der Waals surface area contributed by atoms with Crippen LogP contribution in [0.15, 0.2) is 59.9 Å². The minimum Gasteiger partial charge on any atom is -0.487 e. The van der Waals surface area contributed by atoms with E-state index in [1.54, 1.807) is 0 Å². The minimum atomic E-state index is -0.728. The lowest BCUT2D eigenvalue weighted by Crippen LogP contribution is -2.25. The van der Waals surface area contributed by atoms with E-state index in [0.29, 0.717) is 5.76 Å². The molecule has 0 saturated heterocycles. The number of nitrogens with zero attached hydrogens (tertiary/aromatic N) is 3. The van der Waals surface area contributed by atoms with Crippen molar-refractivity contribution in [3.8, 4) is 0 Å². The van der Waals surface area contributed by atoms with Gasteiger partial charge >= 0.3 is 0 Å². The molecule has 0 spiro atoms. The van der Waals surface area contributed by atoms with Crippen molar-refractivity contribution in [1.29, 1.82) is 0 Å². The molecule has 0 bridgehead atoms. The Morgan fingerprint density at radius 1 is 1.14 bits per heavy atom. The first kappa shape index (κ1) is 20.4. The van der Waals surface area contributed by atoms with Crippen LogP contribution in [0.5, 0.6) is 0 Å². The van der Waals surface area contributed by atoms with Crippen LogP contribution in [0.3, 0.4) is 0 Å². The molecule has 0 saturated carbocycles. The fourth-order valence-corrected chi connectivity index (χ4v) is 3.35. The third-order valence-corrected chi connectivity index (χ3v) is 5.30. The van der Waals surface area contributed by atoms with Gasteiger partial charge in [0.25, 0.3) is 0 Å². The predicted molar refractivity (Wildman–Crippen MR) is 114 cm³/mol. The molecule has 1 aliphatic heterocycles. The van der Waals surface area contributed by atoms with Crippen molar-refractivity contribution in [3.63, 3.8) is 0 Å². The zero-order valence-electron chi connectivity index (χ0n) is 15.9. The molecule has 0 aromatic carbocycles. The van der Waals surface area contributed by atoms with Crippen molar-refractivity contribution < 1.29 is 13.5 Å². The number of rotatable bonds is 5. The Morgan fingerprint density at radius 3 is 2.57 bits per heavy atom. The summed E-state index contributed by atoms with van der Waals surface area (Å²) in [6.45, 7) is 9.99. The molecule has 0 N–H and O–H groups in total. The van der Waals surface area contributed by atoms with Crippen LogP contribution in [-0.2, 0) is 15.8 Å². The van der Waals surface area contributed by atoms with Gasteiger partial charge in [0.1, 0.15) is 23.9 Å². The summed E-state index contributed by atoms with van der Waals surface area (Å²) in [6.07, 6.45) is 4.72. The molecular weight excluding hydrogens is 475 g/mol. The molecule has 4 nitrogen and oxygen atoms in total. The number of anilines is 1. The summed E-state index contributed by atoms with van der Waals surface area (Å²) in [5, 5.41) is 0. The van der Waals surface area contributed by atoms with Gasteiger partial charge in [0.05, 0.1) is 17.6 Å². The van der Waals surface area contributed by atoms with Crippen molar-refractivity contribution in [2.75, 3.05) is 4.90 Å². The van der Waals surface area contributed by atoms with Crippen LogP contribution in [0.1, 0.15) is 30.8 Å². The zero-order chi connectivity index (χ0) is 20.4. The molecule has 0 amide bonds. The second kappa shape index (κ2) is 8.38. The lowest BCUT2D eigenvalue weighted by atomic mass is 10.0. The molecule has 0 aliphatic carbocycles. The highest BCUT2D eigenvalue weighted by molar-refractivity contribution is 14.1. The Kier molecular flexibility index (Phi) is 6.12. The molecule has 0 radical (unpaired) electrons. The maximum Gasteiger partial charge on any atom is 0.151 e. The van der Waals surface area contributed by atoms with Gasteiger partial charge in [-0.05, 0) is 32.4 Å². The number of alkyl halides is 1. The summed E-state index contributed by atoms with van der Waals surface area (Å²) in [6, 6.07) is 2.85. The van der Waals surface area contributed by atoms with Crippen LogP contribution >= 0.6 is 22.6 Å². The molecule has 0 unspecified atom stereocenters. The first-order valence-electron chi connectivity index (χ1n) is 8.64. The second-order valence-corrected chi connectivity index (χ2v) is 7.29. The average molecular weight is 495 g/mol. The van der Waals surface area contributed by atoms with E-state index in [-0.39, 0.29) is 12.3 Å². The largest absolute Gasteiger partial charge is 0.487 e. The van der Waals surface area contributed by atoms with Crippen molar-refractivity contribution in [1.82, 2.24) is 9.97 Å². The quantitative estimate of drug-likeness (QED) is 0.393. The number of allylic oxidation sites excluding steroid dienone is 3. The van der Waals surface area contributed by atoms with Gasteiger partial charge in [-0.25, -0.2) is 8.78 Å². The maximum absolute atomic E-state index is 13.8. The number of ether oxygens (including phenoxy) is 1. The lowest BCUT2D eigenvalue weighted by molar-refractivity contribution is 0.199. The van der Waals surface area contributed by atoms with E-state index >= 15 is 0 Å². The van der Waals surface area contributed by atoms with Crippen molar-refractivity contribution in [2.24, 2.45) is 0 Å². The number of aromatic nitrogens is 2. The molecule has 3 heterocycles. The third kappa shape index (κ3) is 4.09. The SMILES string of the molecule is C=C1C(C)=C(OCc2ncc(F)cc2F)C=C(C)N1c1cc(CI)ncc1C. The topological polar surface area (TPSA) is 38.2 Å². The zero-order valence-corrected chi connectivity index (χ0v) is 18.0. The van der Waals surface area contributed by atoms with Gasteiger partial charge in [0.15, 0.2) is 5.82 Å². The van der Waals surface area contributed by atoms with Crippen LogP contribution in [0, 0.1) is 18.6 Å². The summed E-state index contributed by atoms with van der Waals surface area (Å²) in [5.41, 5.74) is 5.63. The first-order chi connectivity index (χ1) is 13.3. The smallest absolute Gasteiger partial charge is 0.151 e. The van der Waals surface area contributed by atoms with Crippen LogP contribution in [0.25, 0.3) is 0 Å². The molecule has 0 fully saturated rings. The van der Waals surface area contributed by atoms with Gasteiger partial charge in [-0.1, -0.05) is 29.2 Å². The van der Waals surface area contributed by atoms with Crippen molar-refractivity contribution in [2.45, 2.75) is 31.8 Å². The van der Waals surface area contributed by atoms with Gasteiger partial charge in [-0.15, -0.1) is 0 Å². The summed E-state index contributed by atoms with van der Waals surface area (Å²) in [5.74, 6) is -0.855. The Hall–Kier alpha value is -2.29. The van der Waals surface area contributed by atoms with E-state index in [2.05, 4.69) is 50.1 Å². The van der Waals surface area contributed by atoms with E-state index in [0.717, 1.165) is 50.6 Å².